The molecule has 1 N–H and O–H groups in total. The summed E-state index contributed by atoms with van der Waals surface area (Å²) in [6.45, 7) is 6.13. The maximum Gasteiger partial charge on any atom is 0.235 e. The van der Waals surface area contributed by atoms with Gasteiger partial charge in [0.1, 0.15) is 11.4 Å². The van der Waals surface area contributed by atoms with Crippen molar-refractivity contribution in [3.63, 3.8) is 0 Å². The van der Waals surface area contributed by atoms with Crippen LogP contribution >= 0.6 is 0 Å². The predicted molar refractivity (Wildman–Crippen MR) is 86.8 cm³/mol. The Balaban J connectivity index is 2.02. The Bertz CT molecular complexity index is 607. The van der Waals surface area contributed by atoms with Crippen molar-refractivity contribution in [3.8, 4) is 6.07 Å². The Morgan fingerprint density at radius 2 is 2.13 bits per heavy atom. The number of nitrogens with zero attached hydrogens (tertiary/aromatic N) is 2. The van der Waals surface area contributed by atoms with Crippen LogP contribution in [0.4, 0.5) is 4.39 Å². The maximum atomic E-state index is 13.8. The number of benzene rings is 1. The first-order valence-corrected chi connectivity index (χ1v) is 8.05. The molecule has 1 aliphatic carbocycles. The van der Waals surface area contributed by atoms with Gasteiger partial charge in [-0.25, -0.2) is 4.39 Å². The minimum atomic E-state index is -0.885. The normalized spacial score (nSPS) is 16.9. The van der Waals surface area contributed by atoms with Crippen LogP contribution in [-0.4, -0.2) is 28.9 Å². The summed E-state index contributed by atoms with van der Waals surface area (Å²) in [5.74, 6) is -0.425. The van der Waals surface area contributed by atoms with Crippen LogP contribution < -0.4 is 5.32 Å². The molecule has 23 heavy (non-hydrogen) atoms. The fraction of sp³-hybridized carbons (Fsp3) is 0.556. The quantitative estimate of drug-likeness (QED) is 0.841. The molecule has 0 aromatic heterocycles. The van der Waals surface area contributed by atoms with Gasteiger partial charge in [-0.05, 0) is 31.7 Å². The van der Waals surface area contributed by atoms with Crippen molar-refractivity contribution in [1.29, 1.82) is 5.26 Å². The smallest absolute Gasteiger partial charge is 0.235 e. The summed E-state index contributed by atoms with van der Waals surface area (Å²) in [6.07, 6.45) is 2.06. The zero-order chi connectivity index (χ0) is 17.0. The first-order chi connectivity index (χ1) is 10.9. The number of hydrogen-bond donors (Lipinski definition) is 1. The van der Waals surface area contributed by atoms with E-state index in [-0.39, 0.29) is 24.2 Å². The molecule has 0 bridgehead atoms. The van der Waals surface area contributed by atoms with Gasteiger partial charge >= 0.3 is 0 Å². The summed E-state index contributed by atoms with van der Waals surface area (Å²) >= 11 is 0. The molecule has 0 aliphatic heterocycles. The molecule has 1 atom stereocenters. The molecule has 2 rings (SSSR count). The van der Waals surface area contributed by atoms with E-state index in [9.17, 15) is 14.4 Å². The van der Waals surface area contributed by atoms with E-state index in [0.29, 0.717) is 18.2 Å². The Kier molecular flexibility index (Phi) is 5.38. The highest BCUT2D eigenvalue weighted by molar-refractivity contribution is 5.79. The highest BCUT2D eigenvalue weighted by atomic mass is 19.1. The fourth-order valence-electron chi connectivity index (χ4n) is 2.41. The average molecular weight is 317 g/mol. The standard InChI is InChI=1S/C18H24FN3O/c1-13(2)18(3,12-20)21-17(23)11-22(15-8-9-15)10-14-6-4-5-7-16(14)19/h4-7,13,15H,8-11H2,1-3H3,(H,21,23)/t18-/m0/s1. The van der Waals surface area contributed by atoms with Crippen molar-refractivity contribution >= 4 is 5.91 Å². The molecule has 0 spiro atoms. The molecular weight excluding hydrogens is 293 g/mol. The van der Waals surface area contributed by atoms with Gasteiger partial charge < -0.3 is 5.32 Å². The first kappa shape index (κ1) is 17.4. The first-order valence-electron chi connectivity index (χ1n) is 8.05. The molecule has 1 aromatic rings. The lowest BCUT2D eigenvalue weighted by atomic mass is 9.90. The molecule has 1 aromatic carbocycles. The lowest BCUT2D eigenvalue weighted by Gasteiger charge is -2.29. The molecular formula is C18H24FN3O. The third kappa shape index (κ3) is 4.52. The second kappa shape index (κ2) is 7.10. The van der Waals surface area contributed by atoms with E-state index >= 15 is 0 Å². The van der Waals surface area contributed by atoms with Gasteiger partial charge in [0.2, 0.25) is 5.91 Å². The maximum absolute atomic E-state index is 13.8. The van der Waals surface area contributed by atoms with Crippen molar-refractivity contribution in [1.82, 2.24) is 10.2 Å². The highest BCUT2D eigenvalue weighted by Gasteiger charge is 2.34. The van der Waals surface area contributed by atoms with Crippen LogP contribution in [0.25, 0.3) is 0 Å². The molecule has 1 aliphatic rings. The van der Waals surface area contributed by atoms with Gasteiger partial charge in [0.15, 0.2) is 0 Å². The number of halogens is 1. The summed E-state index contributed by atoms with van der Waals surface area (Å²) < 4.78 is 13.8. The van der Waals surface area contributed by atoms with Crippen molar-refractivity contribution in [2.75, 3.05) is 6.54 Å². The van der Waals surface area contributed by atoms with E-state index in [0.717, 1.165) is 12.8 Å². The summed E-state index contributed by atoms with van der Waals surface area (Å²) in [4.78, 5) is 14.3. The number of nitriles is 1. The summed E-state index contributed by atoms with van der Waals surface area (Å²) in [7, 11) is 0. The molecule has 0 unspecified atom stereocenters. The van der Waals surface area contributed by atoms with Gasteiger partial charge in [-0.3, -0.25) is 9.69 Å². The SMILES string of the molecule is CC(C)[C@](C)(C#N)NC(=O)CN(Cc1ccccc1F)C1CC1. The van der Waals surface area contributed by atoms with Crippen LogP contribution in [0.3, 0.4) is 0 Å². The van der Waals surface area contributed by atoms with E-state index in [1.807, 2.05) is 18.7 Å². The summed E-state index contributed by atoms with van der Waals surface area (Å²) in [5, 5.41) is 12.1. The number of amides is 1. The zero-order valence-corrected chi connectivity index (χ0v) is 14.0. The Labute approximate surface area is 137 Å². The van der Waals surface area contributed by atoms with Gasteiger partial charge in [-0.2, -0.15) is 5.26 Å². The average Bonchev–Trinajstić information content (AvgIpc) is 3.33. The van der Waals surface area contributed by atoms with Crippen LogP contribution in [0.2, 0.25) is 0 Å². The summed E-state index contributed by atoms with van der Waals surface area (Å²) in [6, 6.07) is 9.15. The van der Waals surface area contributed by atoms with E-state index in [1.165, 1.54) is 6.07 Å². The molecule has 124 valence electrons. The number of nitrogens with one attached hydrogen (secondary N) is 1. The molecule has 5 heteroatoms. The molecule has 4 nitrogen and oxygen atoms in total. The van der Waals surface area contributed by atoms with E-state index in [4.69, 9.17) is 0 Å². The van der Waals surface area contributed by atoms with E-state index in [2.05, 4.69) is 11.4 Å². The van der Waals surface area contributed by atoms with Gasteiger partial charge in [-0.15, -0.1) is 0 Å². The monoisotopic (exact) mass is 317 g/mol. The minimum absolute atomic E-state index is 0.0115. The topological polar surface area (TPSA) is 56.1 Å². The number of carbonyl (C=O) groups excluding carboxylic acids is 1. The van der Waals surface area contributed by atoms with Gasteiger partial charge in [0, 0.05) is 18.2 Å². The molecule has 1 amide bonds. The van der Waals surface area contributed by atoms with Crippen LogP contribution in [0.1, 0.15) is 39.2 Å². The van der Waals surface area contributed by atoms with Crippen LogP contribution in [-0.2, 0) is 11.3 Å². The Hall–Kier alpha value is -1.93. The lowest BCUT2D eigenvalue weighted by Crippen LogP contribution is -2.52. The third-order valence-electron chi connectivity index (χ3n) is 4.53. The van der Waals surface area contributed by atoms with Crippen molar-refractivity contribution < 1.29 is 9.18 Å². The molecule has 0 heterocycles. The van der Waals surface area contributed by atoms with E-state index < -0.39 is 5.54 Å². The van der Waals surface area contributed by atoms with Crippen molar-refractivity contribution in [2.24, 2.45) is 5.92 Å². The van der Waals surface area contributed by atoms with Crippen LogP contribution in [0.15, 0.2) is 24.3 Å². The molecule has 1 saturated carbocycles. The van der Waals surface area contributed by atoms with Crippen LogP contribution in [0, 0.1) is 23.1 Å². The van der Waals surface area contributed by atoms with Crippen molar-refractivity contribution in [2.45, 2.75) is 51.7 Å². The van der Waals surface area contributed by atoms with E-state index in [1.54, 1.807) is 25.1 Å². The van der Waals surface area contributed by atoms with Crippen molar-refractivity contribution in [3.05, 3.63) is 35.6 Å². The third-order valence-corrected chi connectivity index (χ3v) is 4.53. The molecule has 1 fully saturated rings. The molecule has 0 saturated heterocycles. The zero-order valence-electron chi connectivity index (χ0n) is 14.0. The Morgan fingerprint density at radius 1 is 1.48 bits per heavy atom. The second-order valence-corrected chi connectivity index (χ2v) is 6.74. The largest absolute Gasteiger partial charge is 0.337 e. The van der Waals surface area contributed by atoms with Gasteiger partial charge in [0.05, 0.1) is 12.6 Å². The van der Waals surface area contributed by atoms with Gasteiger partial charge in [-0.1, -0.05) is 32.0 Å². The predicted octanol–water partition coefficient (Wildman–Crippen LogP) is 2.84. The minimum Gasteiger partial charge on any atom is -0.337 e. The lowest BCUT2D eigenvalue weighted by molar-refractivity contribution is -0.124. The van der Waals surface area contributed by atoms with Gasteiger partial charge in [0.25, 0.3) is 0 Å². The molecule has 0 radical (unpaired) electrons. The number of rotatable bonds is 7. The second-order valence-electron chi connectivity index (χ2n) is 6.74. The Morgan fingerprint density at radius 3 is 2.65 bits per heavy atom. The number of hydrogen-bond acceptors (Lipinski definition) is 3. The number of carbonyl (C=O) groups is 1. The summed E-state index contributed by atoms with van der Waals surface area (Å²) in [5.41, 5.74) is -0.288. The highest BCUT2D eigenvalue weighted by Crippen LogP contribution is 2.28. The fourth-order valence-corrected chi connectivity index (χ4v) is 2.41. The van der Waals surface area contributed by atoms with Crippen LogP contribution in [0.5, 0.6) is 0 Å².